The zero-order chi connectivity index (χ0) is 51.5. The number of rotatable bonds is 20. The summed E-state index contributed by atoms with van der Waals surface area (Å²) in [7, 11) is 0. The number of allylic oxidation sites excluding steroid dienone is 1. The maximum Gasteiger partial charge on any atom is 0.331 e. The molecular weight excluding hydrogens is 919 g/mol. The van der Waals surface area contributed by atoms with Crippen LogP contribution in [0.15, 0.2) is 157 Å². The summed E-state index contributed by atoms with van der Waals surface area (Å²) in [6, 6.07) is 48.5. The molecule has 2 aromatic heterocycles. The molecule has 0 bridgehead atoms. The highest BCUT2D eigenvalue weighted by atomic mass is 16.7. The van der Waals surface area contributed by atoms with Crippen LogP contribution < -0.4 is 9.47 Å². The number of benzene rings is 8. The molecule has 10 rings (SSSR count). The highest BCUT2D eigenvalue weighted by Crippen LogP contribution is 2.38. The monoisotopic (exact) mass is 979 g/mol. The van der Waals surface area contributed by atoms with Gasteiger partial charge in [0.15, 0.2) is 11.6 Å². The van der Waals surface area contributed by atoms with E-state index in [4.69, 9.17) is 14.3 Å². The third kappa shape index (κ3) is 9.34. The lowest BCUT2D eigenvalue weighted by Gasteiger charge is -2.13. The Kier molecular flexibility index (Phi) is 14.3. The zero-order valence-electron chi connectivity index (χ0n) is 42.9. The van der Waals surface area contributed by atoms with Crippen LogP contribution in [-0.2, 0) is 22.7 Å². The van der Waals surface area contributed by atoms with Crippen molar-refractivity contribution in [2.45, 2.75) is 86.2 Å². The second kappa shape index (κ2) is 21.4. The lowest BCUT2D eigenvalue weighted by atomic mass is 9.94. The number of carbonyl (C=O) groups is 3. The molecule has 0 aliphatic carbocycles. The molecule has 8 aromatic carbocycles. The average molecular weight is 980 g/mol. The Balaban J connectivity index is 0.847. The van der Waals surface area contributed by atoms with Gasteiger partial charge in [0.05, 0.1) is 30.1 Å². The molecule has 0 atom stereocenters. The molecule has 2 heterocycles. The van der Waals surface area contributed by atoms with Gasteiger partial charge in [0.2, 0.25) is 0 Å². The summed E-state index contributed by atoms with van der Waals surface area (Å²) < 4.78 is 16.6. The Bertz CT molecular complexity index is 3870. The largest absolute Gasteiger partial charge is 0.493 e. The summed E-state index contributed by atoms with van der Waals surface area (Å²) in [4.78, 5) is 46.3. The lowest BCUT2D eigenvalue weighted by molar-refractivity contribution is -0.140. The summed E-state index contributed by atoms with van der Waals surface area (Å²) in [6.45, 7) is 16.5. The molecule has 0 radical (unpaired) electrons. The van der Waals surface area contributed by atoms with Crippen molar-refractivity contribution in [1.29, 1.82) is 0 Å². The van der Waals surface area contributed by atoms with Gasteiger partial charge < -0.3 is 23.4 Å². The van der Waals surface area contributed by atoms with E-state index in [-0.39, 0.29) is 11.6 Å². The van der Waals surface area contributed by atoms with E-state index in [1.807, 2.05) is 123 Å². The topological polar surface area (TPSA) is 101 Å². The summed E-state index contributed by atoms with van der Waals surface area (Å²) in [6.07, 6.45) is 5.21. The first-order chi connectivity index (χ1) is 36.1. The van der Waals surface area contributed by atoms with E-state index < -0.39 is 5.97 Å². The molecule has 0 spiro atoms. The van der Waals surface area contributed by atoms with Crippen LogP contribution in [0.25, 0.3) is 70.7 Å². The summed E-state index contributed by atoms with van der Waals surface area (Å²) in [5, 5.41) is 12.2. The summed E-state index contributed by atoms with van der Waals surface area (Å²) >= 11 is 0. The fourth-order valence-corrected chi connectivity index (χ4v) is 10.9. The van der Waals surface area contributed by atoms with Gasteiger partial charge in [-0.3, -0.25) is 9.59 Å². The quantitative estimate of drug-likeness (QED) is 0.0248. The molecule has 372 valence electrons. The number of fused-ring (bicyclic) bond motifs is 8. The fraction of sp³-hybridized carbons (Fsp3) is 0.231. The van der Waals surface area contributed by atoms with Crippen molar-refractivity contribution < 1.29 is 28.7 Å². The third-order valence-electron chi connectivity index (χ3n) is 14.4. The molecule has 0 N–H and O–H groups in total. The maximum atomic E-state index is 14.5. The first-order valence-electron chi connectivity index (χ1n) is 26.1. The van der Waals surface area contributed by atoms with Crippen molar-refractivity contribution >= 4 is 94.0 Å². The van der Waals surface area contributed by atoms with Gasteiger partial charge in [0.25, 0.3) is 0 Å². The molecule has 10 aromatic rings. The van der Waals surface area contributed by atoms with E-state index in [9.17, 15) is 14.4 Å². The maximum absolute atomic E-state index is 14.5. The van der Waals surface area contributed by atoms with Crippen LogP contribution in [0.5, 0.6) is 11.5 Å². The molecule has 0 unspecified atom stereocenters. The Morgan fingerprint density at radius 1 is 0.473 bits per heavy atom. The number of nitrogens with zero attached hydrogens (tertiary/aromatic N) is 3. The minimum absolute atomic E-state index is 0.0606. The number of oxime groups is 1. The number of aryl methyl sites for hydroxylation is 2. The van der Waals surface area contributed by atoms with Crippen molar-refractivity contribution in [3.8, 4) is 11.5 Å². The van der Waals surface area contributed by atoms with Crippen molar-refractivity contribution in [3.05, 3.63) is 186 Å². The highest BCUT2D eigenvalue weighted by molar-refractivity contribution is 6.22. The third-order valence-corrected chi connectivity index (χ3v) is 14.4. The molecule has 9 nitrogen and oxygen atoms in total. The number of unbranched alkanes of at least 4 members (excludes halogenated alkanes) is 3. The average Bonchev–Trinajstić information content (AvgIpc) is 3.92. The van der Waals surface area contributed by atoms with Gasteiger partial charge in [-0.1, -0.05) is 97.4 Å². The van der Waals surface area contributed by atoms with Crippen LogP contribution in [-0.4, -0.2) is 45.6 Å². The molecular formula is C65H61N3O6. The van der Waals surface area contributed by atoms with Crippen molar-refractivity contribution in [3.63, 3.8) is 0 Å². The number of aromatic nitrogens is 2. The second-order valence-corrected chi connectivity index (χ2v) is 18.9. The van der Waals surface area contributed by atoms with Crippen molar-refractivity contribution in [2.24, 2.45) is 5.16 Å². The Morgan fingerprint density at radius 3 is 1.35 bits per heavy atom. The highest BCUT2D eigenvalue weighted by Gasteiger charge is 2.23. The Labute approximate surface area is 431 Å². The zero-order valence-corrected chi connectivity index (χ0v) is 42.9. The van der Waals surface area contributed by atoms with Gasteiger partial charge in [-0.25, -0.2) is 4.79 Å². The standard InChI is InChI=1S/C65H61N3O6/c1-7-67-56-31-25-45(37-51(56)53-39-47(27-33-58(53)67)64(70)62-49-22-17-15-20-43(49)29-35-60(62)72-9-3)41(5)19-13-11-12-14-24-55(66-74-42(6)69)46-26-32-57-52(38-46)54-40-48(28-34-59(54)68(57)8-2)65(71)63-50-23-18-16-21-44(50)30-36-61(63)73-10-4/h15-18,20-23,25-40H,5,7-14,19,24H2,1-4,6H3/b66-55+. The smallest absolute Gasteiger partial charge is 0.331 e. The van der Waals surface area contributed by atoms with Crippen LogP contribution in [0.3, 0.4) is 0 Å². The van der Waals surface area contributed by atoms with E-state index in [0.717, 1.165) is 127 Å². The lowest BCUT2D eigenvalue weighted by Crippen LogP contribution is -2.06. The summed E-state index contributed by atoms with van der Waals surface area (Å²) in [5.41, 5.74) is 10.4. The Hall–Kier alpha value is -8.30. The van der Waals surface area contributed by atoms with Crippen molar-refractivity contribution in [2.75, 3.05) is 13.2 Å². The van der Waals surface area contributed by atoms with E-state index >= 15 is 0 Å². The van der Waals surface area contributed by atoms with Crippen LogP contribution >= 0.6 is 0 Å². The van der Waals surface area contributed by atoms with Crippen LogP contribution in [0, 0.1) is 0 Å². The fourth-order valence-electron chi connectivity index (χ4n) is 10.9. The van der Waals surface area contributed by atoms with Crippen LogP contribution in [0.4, 0.5) is 0 Å². The predicted molar refractivity (Wildman–Crippen MR) is 302 cm³/mol. The van der Waals surface area contributed by atoms with Gasteiger partial charge in [-0.05, 0) is 159 Å². The molecule has 0 saturated carbocycles. The van der Waals surface area contributed by atoms with E-state index in [0.29, 0.717) is 59.1 Å². The van der Waals surface area contributed by atoms with Crippen LogP contribution in [0.2, 0.25) is 0 Å². The molecule has 74 heavy (non-hydrogen) atoms. The number of hydrogen-bond donors (Lipinski definition) is 0. The van der Waals surface area contributed by atoms with Crippen molar-refractivity contribution in [1.82, 2.24) is 9.13 Å². The molecule has 0 amide bonds. The number of carbonyl (C=O) groups excluding carboxylic acids is 3. The minimum Gasteiger partial charge on any atom is -0.493 e. The minimum atomic E-state index is -0.476. The molecule has 9 heteroatoms. The van der Waals surface area contributed by atoms with Gasteiger partial charge in [-0.2, -0.15) is 0 Å². The predicted octanol–water partition coefficient (Wildman–Crippen LogP) is 15.8. The SMILES string of the molecule is C=C(CCCCCC/C(=N\OC(C)=O)c1ccc2c(c1)c1cc(C(=O)c3c(OCC)ccc4ccccc34)ccc1n2CC)c1ccc2c(c1)c1cc(C(=O)c3c(OCC)ccc4ccccc34)ccc1n2CC. The van der Waals surface area contributed by atoms with E-state index in [1.165, 1.54) is 6.92 Å². The van der Waals surface area contributed by atoms with E-state index in [2.05, 4.69) is 71.1 Å². The normalized spacial score (nSPS) is 11.9. The Morgan fingerprint density at radius 2 is 0.892 bits per heavy atom. The first kappa shape index (κ1) is 49.3. The van der Waals surface area contributed by atoms with E-state index in [1.54, 1.807) is 0 Å². The van der Waals surface area contributed by atoms with Gasteiger partial charge in [0.1, 0.15) is 11.5 Å². The van der Waals surface area contributed by atoms with Crippen LogP contribution in [0.1, 0.15) is 116 Å². The summed E-state index contributed by atoms with van der Waals surface area (Å²) in [5.74, 6) is 0.531. The molecule has 0 aliphatic heterocycles. The number of ether oxygens (including phenoxy) is 2. The molecule has 0 fully saturated rings. The number of ketones is 2. The van der Waals surface area contributed by atoms with Gasteiger partial charge in [0, 0.05) is 80.3 Å². The second-order valence-electron chi connectivity index (χ2n) is 18.9. The molecule has 0 saturated heterocycles. The molecule has 0 aliphatic rings. The first-order valence-corrected chi connectivity index (χ1v) is 26.1. The number of hydrogen-bond acceptors (Lipinski definition) is 7. The van der Waals surface area contributed by atoms with Gasteiger partial charge >= 0.3 is 5.97 Å². The van der Waals surface area contributed by atoms with Gasteiger partial charge in [-0.15, -0.1) is 0 Å².